The van der Waals surface area contributed by atoms with E-state index in [1.807, 2.05) is 19.1 Å². The molecule has 1 amide bonds. The monoisotopic (exact) mass is 381 g/mol. The van der Waals surface area contributed by atoms with Crippen molar-refractivity contribution < 1.29 is 18.0 Å². The third-order valence-electron chi connectivity index (χ3n) is 4.95. The molecule has 0 unspecified atom stereocenters. The minimum atomic E-state index is -1.24. The average Bonchev–Trinajstić information content (AvgIpc) is 2.99. The van der Waals surface area contributed by atoms with E-state index in [0.717, 1.165) is 18.1 Å². The molecule has 6 heteroatoms. The van der Waals surface area contributed by atoms with Crippen molar-refractivity contribution in [3.05, 3.63) is 82.7 Å². The Kier molecular flexibility index (Phi) is 4.34. The molecule has 4 rings (SSSR count). The van der Waals surface area contributed by atoms with E-state index in [0.29, 0.717) is 33.4 Å². The number of hydrogen-bond donors (Lipinski definition) is 1. The summed E-state index contributed by atoms with van der Waals surface area (Å²) in [6.07, 6.45) is 0.760. The van der Waals surface area contributed by atoms with Crippen LogP contribution in [0.15, 0.2) is 42.5 Å². The fourth-order valence-electron chi connectivity index (χ4n) is 3.53. The highest BCUT2D eigenvalue weighted by molar-refractivity contribution is 6.17. The van der Waals surface area contributed by atoms with E-state index < -0.39 is 23.4 Å². The summed E-state index contributed by atoms with van der Waals surface area (Å²) in [5.74, 6) is -3.77. The Bertz CT molecular complexity index is 1240. The summed E-state index contributed by atoms with van der Waals surface area (Å²) in [4.78, 5) is 11.9. The Labute approximate surface area is 159 Å². The number of carbonyl (C=O) groups excluding carboxylic acids is 1. The molecule has 0 saturated heterocycles. The van der Waals surface area contributed by atoms with Crippen molar-refractivity contribution in [1.82, 2.24) is 4.57 Å². The summed E-state index contributed by atoms with van der Waals surface area (Å²) >= 11 is 0. The summed E-state index contributed by atoms with van der Waals surface area (Å²) in [5, 5.41) is 1.28. The molecular weight excluding hydrogens is 365 g/mol. The Morgan fingerprint density at radius 3 is 2.54 bits per heavy atom. The Balaban J connectivity index is 2.04. The number of benzene rings is 3. The topological polar surface area (TPSA) is 48.0 Å². The van der Waals surface area contributed by atoms with Crippen molar-refractivity contribution in [3.8, 4) is 0 Å². The summed E-state index contributed by atoms with van der Waals surface area (Å²) in [6.45, 7) is 1.96. The van der Waals surface area contributed by atoms with Crippen LogP contribution in [-0.2, 0) is 13.0 Å². The molecule has 0 aliphatic rings. The molecular formula is C22H16F3N2O. The molecule has 0 spiro atoms. The van der Waals surface area contributed by atoms with Crippen molar-refractivity contribution in [2.24, 2.45) is 5.73 Å². The minimum Gasteiger partial charge on any atom is -0.366 e. The molecule has 3 aromatic carbocycles. The van der Waals surface area contributed by atoms with E-state index in [1.165, 1.54) is 0 Å². The average molecular weight is 381 g/mol. The molecule has 3 nitrogen and oxygen atoms in total. The predicted molar refractivity (Wildman–Crippen MR) is 102 cm³/mol. The van der Waals surface area contributed by atoms with Gasteiger partial charge in [-0.1, -0.05) is 19.1 Å². The smallest absolute Gasteiger partial charge is 0.249 e. The number of carbonyl (C=O) groups is 1. The minimum absolute atomic E-state index is 0.00378. The van der Waals surface area contributed by atoms with Gasteiger partial charge >= 0.3 is 0 Å². The van der Waals surface area contributed by atoms with Gasteiger partial charge in [-0.3, -0.25) is 4.79 Å². The standard InChI is InChI=1S/C22H16F3N2O/c1-2-12-6-7-14-20(8-12)27(11-13-9-17(24)18(25)10-16(13)23)19-5-3-4-15(21(14)19)22(26)28/h3-6,8-10H,2,11H2,1H3,(H2,26,28). The van der Waals surface area contributed by atoms with Gasteiger partial charge in [0.25, 0.3) is 0 Å². The zero-order chi connectivity index (χ0) is 20.0. The second-order valence-electron chi connectivity index (χ2n) is 6.63. The second-order valence-corrected chi connectivity index (χ2v) is 6.63. The van der Waals surface area contributed by atoms with Crippen molar-refractivity contribution in [3.63, 3.8) is 0 Å². The van der Waals surface area contributed by atoms with Gasteiger partial charge < -0.3 is 10.3 Å². The maximum atomic E-state index is 14.3. The molecule has 4 aromatic rings. The molecule has 0 aliphatic heterocycles. The van der Waals surface area contributed by atoms with E-state index in [1.54, 1.807) is 22.8 Å². The summed E-state index contributed by atoms with van der Waals surface area (Å²) in [5.41, 5.74) is 8.22. The van der Waals surface area contributed by atoms with Gasteiger partial charge in [-0.25, -0.2) is 13.2 Å². The summed E-state index contributed by atoms with van der Waals surface area (Å²) in [7, 11) is 0. The Hall–Kier alpha value is -3.28. The second kappa shape index (κ2) is 6.71. The molecule has 0 fully saturated rings. The molecule has 0 saturated carbocycles. The van der Waals surface area contributed by atoms with Crippen LogP contribution in [0, 0.1) is 23.5 Å². The lowest BCUT2D eigenvalue weighted by molar-refractivity contribution is 0.100. The highest BCUT2D eigenvalue weighted by Crippen LogP contribution is 2.33. The fraction of sp³-hybridized carbons (Fsp3) is 0.136. The van der Waals surface area contributed by atoms with Crippen LogP contribution in [0.1, 0.15) is 28.4 Å². The molecule has 1 heterocycles. The lowest BCUT2D eigenvalue weighted by Gasteiger charge is -2.10. The molecule has 0 bridgehead atoms. The summed E-state index contributed by atoms with van der Waals surface area (Å²) < 4.78 is 43.0. The third kappa shape index (κ3) is 2.81. The number of hydrogen-bond acceptors (Lipinski definition) is 1. The van der Waals surface area contributed by atoms with Crippen LogP contribution >= 0.6 is 0 Å². The normalized spacial score (nSPS) is 11.4. The maximum Gasteiger partial charge on any atom is 0.249 e. The molecule has 28 heavy (non-hydrogen) atoms. The van der Waals surface area contributed by atoms with Crippen molar-refractivity contribution in [2.45, 2.75) is 19.9 Å². The first-order valence-corrected chi connectivity index (χ1v) is 8.79. The SMILES string of the molecule is CCc1c[c]c2c3c(C(N)=O)cccc3n(Cc3cc(F)c(F)cc3F)c2c1. The molecule has 0 aliphatic carbocycles. The van der Waals surface area contributed by atoms with E-state index >= 15 is 0 Å². The van der Waals surface area contributed by atoms with Crippen molar-refractivity contribution >= 4 is 27.7 Å². The summed E-state index contributed by atoms with van der Waals surface area (Å²) in [6, 6.07) is 13.4. The van der Waals surface area contributed by atoms with Crippen LogP contribution in [0.3, 0.4) is 0 Å². The molecule has 2 N–H and O–H groups in total. The Morgan fingerprint density at radius 1 is 1.07 bits per heavy atom. The first-order chi connectivity index (χ1) is 13.4. The molecule has 1 radical (unpaired) electrons. The highest BCUT2D eigenvalue weighted by atomic mass is 19.2. The van der Waals surface area contributed by atoms with Gasteiger partial charge in [-0.15, -0.1) is 0 Å². The Morgan fingerprint density at radius 2 is 1.82 bits per heavy atom. The molecule has 141 valence electrons. The number of nitrogens with zero attached hydrogens (tertiary/aromatic N) is 1. The zero-order valence-corrected chi connectivity index (χ0v) is 15.0. The van der Waals surface area contributed by atoms with Gasteiger partial charge in [0.05, 0.1) is 17.6 Å². The quantitative estimate of drug-likeness (QED) is 0.511. The number of halogens is 3. The van der Waals surface area contributed by atoms with Crippen molar-refractivity contribution in [1.29, 1.82) is 0 Å². The number of rotatable bonds is 4. The van der Waals surface area contributed by atoms with Gasteiger partial charge in [0.2, 0.25) is 5.91 Å². The van der Waals surface area contributed by atoms with Gasteiger partial charge in [-0.2, -0.15) is 0 Å². The van der Waals surface area contributed by atoms with Crippen LogP contribution in [0.5, 0.6) is 0 Å². The van der Waals surface area contributed by atoms with E-state index in [4.69, 9.17) is 5.73 Å². The van der Waals surface area contributed by atoms with Crippen LogP contribution in [-0.4, -0.2) is 10.5 Å². The number of primary amides is 1. The fourth-order valence-corrected chi connectivity index (χ4v) is 3.53. The van der Waals surface area contributed by atoms with E-state index in [9.17, 15) is 18.0 Å². The number of aryl methyl sites for hydroxylation is 1. The molecule has 1 aromatic heterocycles. The van der Waals surface area contributed by atoms with Gasteiger partial charge in [-0.05, 0) is 42.3 Å². The number of nitrogens with two attached hydrogens (primary N) is 1. The number of amides is 1. The lowest BCUT2D eigenvalue weighted by atomic mass is 10.0. The largest absolute Gasteiger partial charge is 0.366 e. The highest BCUT2D eigenvalue weighted by Gasteiger charge is 2.18. The lowest BCUT2D eigenvalue weighted by Crippen LogP contribution is -2.11. The van der Waals surface area contributed by atoms with E-state index in [2.05, 4.69) is 6.07 Å². The van der Waals surface area contributed by atoms with Crippen LogP contribution in [0.4, 0.5) is 13.2 Å². The van der Waals surface area contributed by atoms with Gasteiger partial charge in [0, 0.05) is 28.0 Å². The van der Waals surface area contributed by atoms with Gasteiger partial charge in [0.1, 0.15) is 5.82 Å². The van der Waals surface area contributed by atoms with Crippen LogP contribution in [0.2, 0.25) is 0 Å². The third-order valence-corrected chi connectivity index (χ3v) is 4.95. The first-order valence-electron chi connectivity index (χ1n) is 8.79. The van der Waals surface area contributed by atoms with Crippen LogP contribution in [0.25, 0.3) is 21.8 Å². The number of fused-ring (bicyclic) bond motifs is 3. The van der Waals surface area contributed by atoms with Crippen LogP contribution < -0.4 is 5.73 Å². The molecule has 0 atom stereocenters. The first kappa shape index (κ1) is 18.1. The van der Waals surface area contributed by atoms with Gasteiger partial charge in [0.15, 0.2) is 11.6 Å². The zero-order valence-electron chi connectivity index (χ0n) is 15.0. The predicted octanol–water partition coefficient (Wildman–Crippen LogP) is 4.72. The van der Waals surface area contributed by atoms with Crippen molar-refractivity contribution in [2.75, 3.05) is 0 Å². The van der Waals surface area contributed by atoms with E-state index in [-0.39, 0.29) is 12.1 Å². The maximum absolute atomic E-state index is 14.3. The number of aromatic nitrogens is 1.